The van der Waals surface area contributed by atoms with Crippen molar-refractivity contribution in [3.63, 3.8) is 0 Å². The Hall–Kier alpha value is -1.66. The molecule has 2 heterocycles. The molecule has 1 aromatic carbocycles. The Bertz CT molecular complexity index is 802. The number of aliphatic imine (C=N–C) groups is 1. The van der Waals surface area contributed by atoms with Crippen molar-refractivity contribution < 1.29 is 18.0 Å². The number of hydrogen-bond donors (Lipinski definition) is 1. The summed E-state index contributed by atoms with van der Waals surface area (Å²) in [4.78, 5) is 9.07. The van der Waals surface area contributed by atoms with Gasteiger partial charge < -0.3 is 19.5 Å². The summed E-state index contributed by atoms with van der Waals surface area (Å²) in [5, 5.41) is 7.66. The number of hydrogen-bond acceptors (Lipinski definition) is 5. The van der Waals surface area contributed by atoms with Crippen LogP contribution in [-0.4, -0.2) is 60.3 Å². The van der Waals surface area contributed by atoms with E-state index in [1.54, 1.807) is 12.3 Å². The topological polar surface area (TPSA) is 66.1 Å². The van der Waals surface area contributed by atoms with E-state index in [0.29, 0.717) is 17.1 Å². The first-order valence-corrected chi connectivity index (χ1v) is 9.81. The van der Waals surface area contributed by atoms with Crippen LogP contribution < -0.4 is 10.1 Å². The van der Waals surface area contributed by atoms with Crippen molar-refractivity contribution in [2.75, 3.05) is 32.7 Å². The quantitative estimate of drug-likeness (QED) is 0.318. The standard InChI is InChI=1S/C19H24ClF2N5O2.HI/c1-2-23-19(24-12-14-11-15(20)3-4-17(14)29-18(21)22)27-8-6-26(7-9-27)13-16-5-10-28-25-16;/h3-5,10-11,18H,2,6-9,12-13H2,1H3,(H,23,24);1H. The number of nitrogens with one attached hydrogen (secondary N) is 1. The zero-order valence-corrected chi connectivity index (χ0v) is 19.6. The van der Waals surface area contributed by atoms with E-state index >= 15 is 0 Å². The maximum Gasteiger partial charge on any atom is 0.387 e. The zero-order valence-electron chi connectivity index (χ0n) is 16.6. The fourth-order valence-electron chi connectivity index (χ4n) is 3.13. The van der Waals surface area contributed by atoms with Crippen molar-refractivity contribution in [3.8, 4) is 5.75 Å². The molecule has 166 valence electrons. The van der Waals surface area contributed by atoms with E-state index in [2.05, 4.69) is 30.0 Å². The van der Waals surface area contributed by atoms with Gasteiger partial charge in [0.15, 0.2) is 5.96 Å². The van der Waals surface area contributed by atoms with Crippen LogP contribution in [0.2, 0.25) is 5.02 Å². The van der Waals surface area contributed by atoms with Crippen molar-refractivity contribution in [2.24, 2.45) is 4.99 Å². The van der Waals surface area contributed by atoms with E-state index in [0.717, 1.165) is 44.4 Å². The monoisotopic (exact) mass is 555 g/mol. The maximum atomic E-state index is 12.7. The third kappa shape index (κ3) is 7.24. The summed E-state index contributed by atoms with van der Waals surface area (Å²) in [5.74, 6) is 0.818. The average molecular weight is 556 g/mol. The van der Waals surface area contributed by atoms with Crippen molar-refractivity contribution in [3.05, 3.63) is 46.8 Å². The van der Waals surface area contributed by atoms with Gasteiger partial charge in [-0.05, 0) is 25.1 Å². The normalized spacial score (nSPS) is 15.2. The number of aromatic nitrogens is 1. The molecule has 7 nitrogen and oxygen atoms in total. The van der Waals surface area contributed by atoms with Gasteiger partial charge in [0.2, 0.25) is 0 Å². The molecule has 1 saturated heterocycles. The third-order valence-corrected chi connectivity index (χ3v) is 4.76. The summed E-state index contributed by atoms with van der Waals surface area (Å²) in [6.07, 6.45) is 1.57. The van der Waals surface area contributed by atoms with E-state index < -0.39 is 6.61 Å². The highest BCUT2D eigenvalue weighted by Gasteiger charge is 2.20. The van der Waals surface area contributed by atoms with Crippen molar-refractivity contribution in [2.45, 2.75) is 26.6 Å². The van der Waals surface area contributed by atoms with Crippen LogP contribution in [0.3, 0.4) is 0 Å². The molecule has 3 rings (SSSR count). The minimum atomic E-state index is -2.90. The van der Waals surface area contributed by atoms with E-state index in [-0.39, 0.29) is 36.3 Å². The van der Waals surface area contributed by atoms with Crippen LogP contribution in [0.5, 0.6) is 5.75 Å². The van der Waals surface area contributed by atoms with Gasteiger partial charge in [-0.2, -0.15) is 8.78 Å². The predicted octanol–water partition coefficient (Wildman–Crippen LogP) is 3.83. The number of piperazine rings is 1. The highest BCUT2D eigenvalue weighted by molar-refractivity contribution is 14.0. The minimum Gasteiger partial charge on any atom is -0.434 e. The molecule has 1 N–H and O–H groups in total. The molecular formula is C19H25ClF2IN5O2. The van der Waals surface area contributed by atoms with Gasteiger partial charge in [-0.25, -0.2) is 4.99 Å². The molecule has 1 fully saturated rings. The van der Waals surface area contributed by atoms with Crippen molar-refractivity contribution >= 4 is 41.5 Å². The van der Waals surface area contributed by atoms with Gasteiger partial charge in [0.05, 0.1) is 12.2 Å². The molecule has 0 unspecified atom stereocenters. The Morgan fingerprint density at radius 2 is 2.07 bits per heavy atom. The molecular weight excluding hydrogens is 531 g/mol. The fraction of sp³-hybridized carbons (Fsp3) is 0.474. The van der Waals surface area contributed by atoms with Gasteiger partial charge in [0, 0.05) is 55.9 Å². The van der Waals surface area contributed by atoms with E-state index in [1.807, 2.05) is 13.0 Å². The lowest BCUT2D eigenvalue weighted by atomic mass is 10.2. The van der Waals surface area contributed by atoms with Gasteiger partial charge in [-0.3, -0.25) is 4.90 Å². The third-order valence-electron chi connectivity index (χ3n) is 4.52. The number of rotatable bonds is 7. The largest absolute Gasteiger partial charge is 0.434 e. The lowest BCUT2D eigenvalue weighted by Crippen LogP contribution is -2.52. The first-order valence-electron chi connectivity index (χ1n) is 9.43. The number of halogens is 4. The van der Waals surface area contributed by atoms with Crippen LogP contribution in [0.4, 0.5) is 8.78 Å². The molecule has 0 radical (unpaired) electrons. The number of alkyl halides is 2. The molecule has 11 heteroatoms. The van der Waals surface area contributed by atoms with Crippen LogP contribution in [0.25, 0.3) is 0 Å². The van der Waals surface area contributed by atoms with Gasteiger partial charge in [-0.1, -0.05) is 16.8 Å². The Balaban J connectivity index is 0.00000320. The summed E-state index contributed by atoms with van der Waals surface area (Å²) >= 11 is 6.02. The highest BCUT2D eigenvalue weighted by Crippen LogP contribution is 2.25. The van der Waals surface area contributed by atoms with Gasteiger partial charge in [0.25, 0.3) is 0 Å². The van der Waals surface area contributed by atoms with E-state index in [4.69, 9.17) is 16.1 Å². The molecule has 1 aliphatic heterocycles. The van der Waals surface area contributed by atoms with Crippen LogP contribution >= 0.6 is 35.6 Å². The number of ether oxygens (including phenoxy) is 1. The molecule has 1 aliphatic rings. The summed E-state index contributed by atoms with van der Waals surface area (Å²) in [5.41, 5.74) is 1.42. The SMILES string of the molecule is CCNC(=NCc1cc(Cl)ccc1OC(F)F)N1CCN(Cc2ccon2)CC1.I. The minimum absolute atomic E-state index is 0. The Morgan fingerprint density at radius 3 is 2.70 bits per heavy atom. The second-order valence-electron chi connectivity index (χ2n) is 6.55. The fourth-order valence-corrected chi connectivity index (χ4v) is 3.33. The van der Waals surface area contributed by atoms with Crippen molar-refractivity contribution in [1.29, 1.82) is 0 Å². The molecule has 30 heavy (non-hydrogen) atoms. The van der Waals surface area contributed by atoms with E-state index in [9.17, 15) is 8.78 Å². The Kier molecular flexibility index (Phi) is 10.1. The van der Waals surface area contributed by atoms with E-state index in [1.165, 1.54) is 12.1 Å². The van der Waals surface area contributed by atoms with Crippen LogP contribution in [0.1, 0.15) is 18.2 Å². The van der Waals surface area contributed by atoms with Gasteiger partial charge in [-0.15, -0.1) is 24.0 Å². The van der Waals surface area contributed by atoms with Crippen LogP contribution in [0, 0.1) is 0 Å². The summed E-state index contributed by atoms with van der Waals surface area (Å²) in [6.45, 7) is 4.01. The second-order valence-corrected chi connectivity index (χ2v) is 6.99. The van der Waals surface area contributed by atoms with Crippen LogP contribution in [0.15, 0.2) is 40.0 Å². The smallest absolute Gasteiger partial charge is 0.387 e. The van der Waals surface area contributed by atoms with Gasteiger partial charge in [0.1, 0.15) is 12.0 Å². The molecule has 0 atom stereocenters. The maximum absolute atomic E-state index is 12.7. The second kappa shape index (κ2) is 12.3. The molecule has 0 saturated carbocycles. The zero-order chi connectivity index (χ0) is 20.6. The molecule has 0 spiro atoms. The first kappa shape index (κ1) is 24.6. The van der Waals surface area contributed by atoms with Crippen molar-refractivity contribution in [1.82, 2.24) is 20.3 Å². The predicted molar refractivity (Wildman–Crippen MR) is 122 cm³/mol. The Morgan fingerprint density at radius 1 is 1.30 bits per heavy atom. The lowest BCUT2D eigenvalue weighted by molar-refractivity contribution is -0.0504. The Labute approximate surface area is 196 Å². The highest BCUT2D eigenvalue weighted by atomic mass is 127. The molecule has 0 aliphatic carbocycles. The number of nitrogens with zero attached hydrogens (tertiary/aromatic N) is 4. The average Bonchev–Trinajstić information content (AvgIpc) is 3.20. The molecule has 0 amide bonds. The summed E-state index contributed by atoms with van der Waals surface area (Å²) in [7, 11) is 0. The molecule has 0 bridgehead atoms. The van der Waals surface area contributed by atoms with Gasteiger partial charge >= 0.3 is 6.61 Å². The summed E-state index contributed by atoms with van der Waals surface area (Å²) < 4.78 is 34.8. The first-order chi connectivity index (χ1) is 14.0. The van der Waals surface area contributed by atoms with Crippen LogP contribution in [-0.2, 0) is 13.1 Å². The number of benzene rings is 1. The molecule has 1 aromatic heterocycles. The lowest BCUT2D eigenvalue weighted by Gasteiger charge is -2.36. The number of guanidine groups is 1. The summed E-state index contributed by atoms with van der Waals surface area (Å²) in [6, 6.07) is 6.42. The molecule has 2 aromatic rings.